The van der Waals surface area contributed by atoms with Crippen molar-refractivity contribution in [1.82, 2.24) is 59.5 Å². The number of hydrogen-bond donors (Lipinski definition) is 2. The number of fused-ring (bicyclic) bond motifs is 6. The van der Waals surface area contributed by atoms with Crippen LogP contribution in [0.2, 0.25) is 0 Å². The number of phenols is 2. The highest BCUT2D eigenvalue weighted by molar-refractivity contribution is 6.23. The van der Waals surface area contributed by atoms with Crippen LogP contribution in [0.15, 0.2) is 105 Å². The van der Waals surface area contributed by atoms with E-state index in [0.717, 1.165) is 78.5 Å². The summed E-state index contributed by atoms with van der Waals surface area (Å²) in [4.78, 5) is 86.5. The molecule has 3 fully saturated rings. The molecule has 6 aromatic heterocycles. The normalized spacial score (nSPS) is 18.1. The zero-order valence-electron chi connectivity index (χ0n) is 48.5. The molecular formula is C62H63N15O11. The molecule has 6 aliphatic rings. The molecule has 0 radical (unpaired) electrons. The second-order valence-corrected chi connectivity index (χ2v) is 22.7. The molecule has 3 aromatic carbocycles. The second kappa shape index (κ2) is 22.3. The number of carbonyl (C=O) groups is 6. The molecule has 0 aliphatic carbocycles. The first-order valence-corrected chi connectivity index (χ1v) is 28.2. The zero-order valence-corrected chi connectivity index (χ0v) is 48.5. The van der Waals surface area contributed by atoms with Crippen LogP contribution < -0.4 is 14.7 Å². The lowest BCUT2D eigenvalue weighted by molar-refractivity contribution is -0.120. The topological polar surface area (TPSA) is 294 Å². The van der Waals surface area contributed by atoms with Crippen molar-refractivity contribution in [3.05, 3.63) is 182 Å². The van der Waals surface area contributed by atoms with E-state index in [0.29, 0.717) is 87.1 Å². The molecule has 1 unspecified atom stereocenters. The van der Waals surface area contributed by atoms with Gasteiger partial charge in [-0.25, -0.2) is 29.1 Å². The number of phenolic OH excluding ortho intramolecular Hbond substituents is 2. The minimum Gasteiger partial charge on any atom is -0.508 e. The lowest BCUT2D eigenvalue weighted by atomic mass is 9.93. The molecule has 26 heteroatoms. The molecule has 3 atom stereocenters. The number of amides is 9. The Labute approximate surface area is 503 Å². The lowest BCUT2D eigenvalue weighted by Gasteiger charge is -2.29. The average Bonchev–Trinajstić information content (AvgIpc) is 1.83. The average molecular weight is 1190 g/mol. The van der Waals surface area contributed by atoms with Gasteiger partial charge in [0, 0.05) is 74.2 Å². The first-order chi connectivity index (χ1) is 41.8. The Morgan fingerprint density at radius 1 is 0.432 bits per heavy atom. The molecule has 12 heterocycles. The minimum atomic E-state index is -0.567. The summed E-state index contributed by atoms with van der Waals surface area (Å²) in [5, 5.41) is 44.2. The largest absolute Gasteiger partial charge is 0.508 e. The third-order valence-electron chi connectivity index (χ3n) is 17.1. The molecule has 9 aromatic rings. The summed E-state index contributed by atoms with van der Waals surface area (Å²) in [5.74, 6) is 1.74. The Kier molecular flexibility index (Phi) is 14.6. The van der Waals surface area contributed by atoms with E-state index in [1.165, 1.54) is 27.1 Å². The van der Waals surface area contributed by atoms with Gasteiger partial charge in [-0.05, 0) is 106 Å². The summed E-state index contributed by atoms with van der Waals surface area (Å²) in [6, 6.07) is 13.7. The number of anilines is 3. The van der Waals surface area contributed by atoms with Crippen molar-refractivity contribution in [2.75, 3.05) is 14.7 Å². The van der Waals surface area contributed by atoms with Gasteiger partial charge >= 0.3 is 18.1 Å². The number of nitrogens with zero attached hydrogens (tertiary/aromatic N) is 15. The first kappa shape index (κ1) is 57.8. The fraction of sp³-hybridized carbons (Fsp3) is 0.323. The quantitative estimate of drug-likeness (QED) is 0.131. The second-order valence-electron chi connectivity index (χ2n) is 22.7. The monoisotopic (exact) mass is 1190 g/mol. The number of aromatic hydroxyl groups is 2. The highest BCUT2D eigenvalue weighted by atomic mass is 16.5. The van der Waals surface area contributed by atoms with E-state index in [9.17, 15) is 39.0 Å². The summed E-state index contributed by atoms with van der Waals surface area (Å²) in [5.41, 5.74) is 13.6. The molecule has 9 amide bonds. The highest BCUT2D eigenvalue weighted by Crippen LogP contribution is 2.38. The van der Waals surface area contributed by atoms with Crippen LogP contribution in [0, 0.1) is 48.5 Å². The van der Waals surface area contributed by atoms with Crippen LogP contribution in [-0.4, -0.2) is 124 Å². The van der Waals surface area contributed by atoms with Gasteiger partial charge in [0.2, 0.25) is 0 Å². The summed E-state index contributed by atoms with van der Waals surface area (Å²) in [7, 11) is 0. The van der Waals surface area contributed by atoms with Gasteiger partial charge in [0.05, 0.1) is 72.4 Å². The molecule has 3 saturated heterocycles. The zero-order chi connectivity index (χ0) is 60.9. The Hall–Kier alpha value is -10.7. The van der Waals surface area contributed by atoms with Crippen LogP contribution in [0.3, 0.4) is 0 Å². The van der Waals surface area contributed by atoms with E-state index in [2.05, 4.69) is 42.9 Å². The SMILES string of the molecule is C.Cc1ccc2c(c1)CN1C(=O)N(c3cnn(Cc4c(C)noc4C)c3)C(=O)[C@@H]1C2.Cc1noc(C)c1Cn1cc(N2C(=O)C3Cc4cc(O)ccc4CN3C2=O)cn1.Cc1noc(C)c1Cn1cc(N2C(=O)[C@H]3Cc4ccc(O)cc4CN3C2=O)cn1. The van der Waals surface area contributed by atoms with Crippen molar-refractivity contribution in [2.45, 2.75) is 133 Å². The number of hydrogen-bond acceptors (Lipinski definition) is 17. The molecule has 0 spiro atoms. The van der Waals surface area contributed by atoms with Crippen molar-refractivity contribution in [1.29, 1.82) is 0 Å². The maximum Gasteiger partial charge on any atom is 0.332 e. The first-order valence-electron chi connectivity index (χ1n) is 28.2. The van der Waals surface area contributed by atoms with E-state index in [-0.39, 0.29) is 54.7 Å². The van der Waals surface area contributed by atoms with Gasteiger partial charge in [0.1, 0.15) is 46.9 Å². The van der Waals surface area contributed by atoms with Gasteiger partial charge in [0.15, 0.2) is 0 Å². The highest BCUT2D eigenvalue weighted by Gasteiger charge is 2.51. The molecule has 88 heavy (non-hydrogen) atoms. The number of rotatable bonds is 9. The molecule has 15 rings (SSSR count). The van der Waals surface area contributed by atoms with Crippen LogP contribution in [0.4, 0.5) is 31.4 Å². The number of carbonyl (C=O) groups excluding carboxylic acids is 6. The van der Waals surface area contributed by atoms with Crippen molar-refractivity contribution in [3.8, 4) is 11.5 Å². The predicted molar refractivity (Wildman–Crippen MR) is 314 cm³/mol. The molecule has 26 nitrogen and oxygen atoms in total. The maximum atomic E-state index is 13.1. The van der Waals surface area contributed by atoms with E-state index < -0.39 is 18.1 Å². The predicted octanol–water partition coefficient (Wildman–Crippen LogP) is 7.64. The van der Waals surface area contributed by atoms with E-state index in [4.69, 9.17) is 13.6 Å². The standard InChI is InChI=1S/C21H21N5O3.2C20H19N5O4.CH4/c1-12-4-5-15-7-19-20(27)26(21(28)25(19)9-16(15)6-12)17-8-22-24(10-17)11-18-13(2)23-29-14(18)3;1-11-17(12(2)29-22-11)10-23-9-15(7-21-23)25-19(27)18-6-14-5-16(26)4-3-13(14)8-24(18)20(25)28;1-11-17(12(2)29-22-11)10-23-9-15(7-21-23)25-19(27)18-6-13-3-4-16(26)5-14(13)8-24(18)20(25)28;/h4-6,8,10,19H,7,9,11H2,1-3H3;2*3-5,7,9,18,26H,6,8,10H2,1-2H3;1H4/t19-;;18-;/m0.1./s1. The molecule has 0 saturated carbocycles. The van der Waals surface area contributed by atoms with Crippen molar-refractivity contribution < 1.29 is 52.5 Å². The summed E-state index contributed by atoms with van der Waals surface area (Å²) < 4.78 is 20.6. The smallest absolute Gasteiger partial charge is 0.332 e. The fourth-order valence-electron chi connectivity index (χ4n) is 12.3. The Morgan fingerprint density at radius 2 is 0.761 bits per heavy atom. The van der Waals surface area contributed by atoms with Crippen LogP contribution in [0.1, 0.15) is 97.4 Å². The van der Waals surface area contributed by atoms with Gasteiger partial charge < -0.3 is 38.5 Å². The molecule has 0 bridgehead atoms. The van der Waals surface area contributed by atoms with Gasteiger partial charge in [-0.1, -0.05) is 58.8 Å². The Balaban J connectivity index is 0.000000128. The Morgan fingerprint density at radius 3 is 1.14 bits per heavy atom. The van der Waals surface area contributed by atoms with Crippen molar-refractivity contribution in [2.24, 2.45) is 0 Å². The van der Waals surface area contributed by atoms with Gasteiger partial charge in [0.25, 0.3) is 17.7 Å². The van der Waals surface area contributed by atoms with Crippen molar-refractivity contribution in [3.63, 3.8) is 0 Å². The number of aryl methyl sites for hydroxylation is 7. The van der Waals surface area contributed by atoms with Gasteiger partial charge in [-0.3, -0.25) is 28.4 Å². The van der Waals surface area contributed by atoms with E-state index >= 15 is 0 Å². The van der Waals surface area contributed by atoms with E-state index in [1.807, 2.05) is 60.6 Å². The minimum absolute atomic E-state index is 0. The summed E-state index contributed by atoms with van der Waals surface area (Å²) >= 11 is 0. The summed E-state index contributed by atoms with van der Waals surface area (Å²) in [6.07, 6.45) is 11.0. The molecular weight excluding hydrogens is 1130 g/mol. The van der Waals surface area contributed by atoms with Crippen LogP contribution in [0.25, 0.3) is 0 Å². The van der Waals surface area contributed by atoms with Crippen LogP contribution >= 0.6 is 0 Å². The number of benzene rings is 3. The summed E-state index contributed by atoms with van der Waals surface area (Å²) in [6.45, 7) is 15.6. The third-order valence-corrected chi connectivity index (χ3v) is 17.1. The number of urea groups is 3. The van der Waals surface area contributed by atoms with E-state index in [1.54, 1.807) is 83.9 Å². The van der Waals surface area contributed by atoms with Crippen molar-refractivity contribution >= 4 is 52.9 Å². The van der Waals surface area contributed by atoms with Gasteiger partial charge in [-0.2, -0.15) is 15.3 Å². The number of imide groups is 3. The Bertz CT molecular complexity index is 3810. The molecule has 6 aliphatic heterocycles. The molecule has 452 valence electrons. The molecule has 2 N–H and O–H groups in total. The van der Waals surface area contributed by atoms with Crippen LogP contribution in [-0.2, 0) is 72.9 Å². The fourth-order valence-corrected chi connectivity index (χ4v) is 12.3. The van der Waals surface area contributed by atoms with Gasteiger partial charge in [-0.15, -0.1) is 0 Å². The number of aromatic nitrogens is 9. The van der Waals surface area contributed by atoms with Crippen LogP contribution in [0.5, 0.6) is 11.5 Å². The maximum absolute atomic E-state index is 13.1. The third kappa shape index (κ3) is 10.2. The lowest BCUT2D eigenvalue weighted by Crippen LogP contribution is -2.40.